The molecule has 0 bridgehead atoms. The standard InChI is InChI=1S/C14H14N4O/c1-15-10-3-5-11(6-4-10)19-14-13-12(7-8-16-14)18(2)9-17-13/h3-9,15H,1-2H3. The Bertz CT molecular complexity index is 703. The number of nitrogens with zero attached hydrogens (tertiary/aromatic N) is 3. The van der Waals surface area contributed by atoms with Crippen LogP contribution < -0.4 is 10.1 Å². The molecular weight excluding hydrogens is 240 g/mol. The average molecular weight is 254 g/mol. The zero-order valence-electron chi connectivity index (χ0n) is 10.8. The third kappa shape index (κ3) is 2.10. The molecule has 0 saturated heterocycles. The smallest absolute Gasteiger partial charge is 0.247 e. The summed E-state index contributed by atoms with van der Waals surface area (Å²) in [5.41, 5.74) is 2.80. The molecule has 3 aromatic rings. The van der Waals surface area contributed by atoms with Crippen molar-refractivity contribution in [3.05, 3.63) is 42.9 Å². The minimum atomic E-state index is 0.523. The number of imidazole rings is 1. The van der Waals surface area contributed by atoms with Crippen LogP contribution in [0.4, 0.5) is 5.69 Å². The molecule has 0 unspecified atom stereocenters. The molecule has 3 rings (SSSR count). The van der Waals surface area contributed by atoms with Gasteiger partial charge in [0.05, 0.1) is 11.8 Å². The molecule has 5 nitrogen and oxygen atoms in total. The van der Waals surface area contributed by atoms with Gasteiger partial charge in [-0.3, -0.25) is 0 Å². The Kier molecular flexibility index (Phi) is 2.79. The van der Waals surface area contributed by atoms with E-state index in [2.05, 4.69) is 15.3 Å². The van der Waals surface area contributed by atoms with Gasteiger partial charge in [-0.2, -0.15) is 0 Å². The second kappa shape index (κ2) is 4.61. The Labute approximate surface area is 110 Å². The van der Waals surface area contributed by atoms with E-state index >= 15 is 0 Å². The molecule has 96 valence electrons. The van der Waals surface area contributed by atoms with Gasteiger partial charge in [0.1, 0.15) is 5.75 Å². The number of rotatable bonds is 3. The minimum Gasteiger partial charge on any atom is -0.437 e. The van der Waals surface area contributed by atoms with Gasteiger partial charge in [0.15, 0.2) is 5.52 Å². The van der Waals surface area contributed by atoms with Crippen LogP contribution in [0, 0.1) is 0 Å². The molecule has 5 heteroatoms. The molecule has 0 spiro atoms. The molecule has 0 fully saturated rings. The predicted molar refractivity (Wildman–Crippen MR) is 74.6 cm³/mol. The van der Waals surface area contributed by atoms with Crippen molar-refractivity contribution in [1.29, 1.82) is 0 Å². The first kappa shape index (κ1) is 11.5. The van der Waals surface area contributed by atoms with Gasteiger partial charge in [0, 0.05) is 26.0 Å². The number of pyridine rings is 1. The number of aryl methyl sites for hydroxylation is 1. The zero-order valence-corrected chi connectivity index (χ0v) is 10.8. The molecule has 0 aliphatic carbocycles. The molecule has 19 heavy (non-hydrogen) atoms. The Morgan fingerprint density at radius 1 is 1.11 bits per heavy atom. The number of ether oxygens (including phenoxy) is 1. The van der Waals surface area contributed by atoms with Crippen LogP contribution in [0.1, 0.15) is 0 Å². The zero-order chi connectivity index (χ0) is 13.2. The largest absolute Gasteiger partial charge is 0.437 e. The fourth-order valence-electron chi connectivity index (χ4n) is 1.91. The van der Waals surface area contributed by atoms with Crippen molar-refractivity contribution in [3.8, 4) is 11.6 Å². The van der Waals surface area contributed by atoms with Crippen LogP contribution in [0.25, 0.3) is 11.0 Å². The van der Waals surface area contributed by atoms with Gasteiger partial charge < -0.3 is 14.6 Å². The van der Waals surface area contributed by atoms with E-state index in [0.717, 1.165) is 22.5 Å². The summed E-state index contributed by atoms with van der Waals surface area (Å²) in [7, 11) is 3.83. The molecule has 0 radical (unpaired) electrons. The lowest BCUT2D eigenvalue weighted by atomic mass is 10.3. The molecule has 1 aromatic carbocycles. The van der Waals surface area contributed by atoms with Gasteiger partial charge in [-0.1, -0.05) is 0 Å². The van der Waals surface area contributed by atoms with Crippen molar-refractivity contribution < 1.29 is 4.74 Å². The van der Waals surface area contributed by atoms with Gasteiger partial charge in [-0.25, -0.2) is 9.97 Å². The molecule has 0 amide bonds. The fourth-order valence-corrected chi connectivity index (χ4v) is 1.91. The number of benzene rings is 1. The fraction of sp³-hybridized carbons (Fsp3) is 0.143. The molecule has 2 heterocycles. The summed E-state index contributed by atoms with van der Waals surface area (Å²) in [6.07, 6.45) is 3.48. The second-order valence-electron chi connectivity index (χ2n) is 4.22. The van der Waals surface area contributed by atoms with Crippen molar-refractivity contribution in [2.75, 3.05) is 12.4 Å². The summed E-state index contributed by atoms with van der Waals surface area (Å²) < 4.78 is 7.73. The second-order valence-corrected chi connectivity index (χ2v) is 4.22. The number of nitrogens with one attached hydrogen (secondary N) is 1. The highest BCUT2D eigenvalue weighted by atomic mass is 16.5. The Hall–Kier alpha value is -2.56. The predicted octanol–water partition coefficient (Wildman–Crippen LogP) is 2.80. The number of hydrogen-bond donors (Lipinski definition) is 1. The molecule has 0 saturated carbocycles. The van der Waals surface area contributed by atoms with Crippen LogP contribution in [0.15, 0.2) is 42.9 Å². The van der Waals surface area contributed by atoms with Crippen LogP contribution >= 0.6 is 0 Å². The third-order valence-corrected chi connectivity index (χ3v) is 2.97. The maximum absolute atomic E-state index is 5.79. The minimum absolute atomic E-state index is 0.523. The summed E-state index contributed by atoms with van der Waals surface area (Å²) in [6, 6.07) is 9.62. The van der Waals surface area contributed by atoms with Crippen LogP contribution in [-0.4, -0.2) is 21.6 Å². The molecular formula is C14H14N4O. The monoisotopic (exact) mass is 254 g/mol. The lowest BCUT2D eigenvalue weighted by Crippen LogP contribution is -1.91. The van der Waals surface area contributed by atoms with Crippen molar-refractivity contribution in [3.63, 3.8) is 0 Å². The molecule has 1 N–H and O–H groups in total. The van der Waals surface area contributed by atoms with Gasteiger partial charge in [0.2, 0.25) is 5.88 Å². The number of hydrogen-bond acceptors (Lipinski definition) is 4. The quantitative estimate of drug-likeness (QED) is 0.780. The molecule has 0 aliphatic rings. The van der Waals surface area contributed by atoms with Crippen molar-refractivity contribution >= 4 is 16.7 Å². The van der Waals surface area contributed by atoms with E-state index in [0.29, 0.717) is 5.88 Å². The lowest BCUT2D eigenvalue weighted by Gasteiger charge is -2.06. The Balaban J connectivity index is 1.96. The van der Waals surface area contributed by atoms with Crippen molar-refractivity contribution in [2.45, 2.75) is 0 Å². The maximum atomic E-state index is 5.79. The summed E-state index contributed by atoms with van der Waals surface area (Å²) in [6.45, 7) is 0. The van der Waals surface area contributed by atoms with E-state index < -0.39 is 0 Å². The first-order valence-electron chi connectivity index (χ1n) is 5.99. The highest BCUT2D eigenvalue weighted by Gasteiger charge is 2.08. The van der Waals surface area contributed by atoms with Crippen LogP contribution in [0.5, 0.6) is 11.6 Å². The van der Waals surface area contributed by atoms with Gasteiger partial charge in [-0.05, 0) is 30.3 Å². The van der Waals surface area contributed by atoms with Gasteiger partial charge in [0.25, 0.3) is 0 Å². The lowest BCUT2D eigenvalue weighted by molar-refractivity contribution is 0.468. The number of anilines is 1. The molecule has 0 atom stereocenters. The van der Waals surface area contributed by atoms with E-state index in [1.165, 1.54) is 0 Å². The summed E-state index contributed by atoms with van der Waals surface area (Å²) in [5.74, 6) is 1.26. The van der Waals surface area contributed by atoms with E-state index in [9.17, 15) is 0 Å². The van der Waals surface area contributed by atoms with Gasteiger partial charge in [-0.15, -0.1) is 0 Å². The summed E-state index contributed by atoms with van der Waals surface area (Å²) in [4.78, 5) is 8.56. The van der Waals surface area contributed by atoms with Crippen LogP contribution in [0.2, 0.25) is 0 Å². The first-order valence-corrected chi connectivity index (χ1v) is 5.99. The van der Waals surface area contributed by atoms with Gasteiger partial charge >= 0.3 is 0 Å². The normalized spacial score (nSPS) is 10.6. The summed E-state index contributed by atoms with van der Waals surface area (Å²) >= 11 is 0. The van der Waals surface area contributed by atoms with E-state index in [-0.39, 0.29) is 0 Å². The number of aromatic nitrogens is 3. The Morgan fingerprint density at radius 3 is 2.63 bits per heavy atom. The van der Waals surface area contributed by atoms with E-state index in [4.69, 9.17) is 4.74 Å². The Morgan fingerprint density at radius 2 is 1.89 bits per heavy atom. The SMILES string of the molecule is CNc1ccc(Oc2nccc3c2ncn3C)cc1. The number of fused-ring (bicyclic) bond motifs is 1. The first-order chi connectivity index (χ1) is 9.28. The van der Waals surface area contributed by atoms with Crippen LogP contribution in [-0.2, 0) is 7.05 Å². The molecule has 0 aliphatic heterocycles. The topological polar surface area (TPSA) is 52.0 Å². The maximum Gasteiger partial charge on any atom is 0.247 e. The van der Waals surface area contributed by atoms with Crippen LogP contribution in [0.3, 0.4) is 0 Å². The van der Waals surface area contributed by atoms with Crippen molar-refractivity contribution in [1.82, 2.24) is 14.5 Å². The summed E-state index contributed by atoms with van der Waals surface area (Å²) in [5, 5.41) is 3.06. The highest BCUT2D eigenvalue weighted by molar-refractivity contribution is 5.80. The average Bonchev–Trinajstić information content (AvgIpc) is 2.83. The highest BCUT2D eigenvalue weighted by Crippen LogP contribution is 2.26. The van der Waals surface area contributed by atoms with E-state index in [1.54, 1.807) is 12.5 Å². The third-order valence-electron chi connectivity index (χ3n) is 2.97. The van der Waals surface area contributed by atoms with Crippen molar-refractivity contribution in [2.24, 2.45) is 7.05 Å². The molecule has 2 aromatic heterocycles. The van der Waals surface area contributed by atoms with E-state index in [1.807, 2.05) is 49.0 Å².